The number of aliphatic imine (C=N–C) groups is 1. The SMILES string of the molecule is CC1NCC(CNC(=O)C2CC(CNC3=NCCN3)CC(C3CCC(F)NC3C)N2)CN1. The second-order valence-electron chi connectivity index (χ2n) is 10.0. The van der Waals surface area contributed by atoms with Gasteiger partial charge in [-0.2, -0.15) is 0 Å². The van der Waals surface area contributed by atoms with E-state index in [9.17, 15) is 9.18 Å². The van der Waals surface area contributed by atoms with Gasteiger partial charge in [0.2, 0.25) is 5.91 Å². The van der Waals surface area contributed by atoms with Gasteiger partial charge in [0.15, 0.2) is 12.3 Å². The number of piperidine rings is 2. The maximum atomic E-state index is 13.8. The molecule has 4 aliphatic heterocycles. The molecule has 7 N–H and O–H groups in total. The Bertz CT molecular complexity index is 656. The van der Waals surface area contributed by atoms with Crippen molar-refractivity contribution in [3.63, 3.8) is 0 Å². The van der Waals surface area contributed by atoms with Crippen LogP contribution in [0.1, 0.15) is 39.5 Å². The van der Waals surface area contributed by atoms with E-state index in [1.54, 1.807) is 0 Å². The minimum absolute atomic E-state index is 0.0782. The number of amides is 1. The Morgan fingerprint density at radius 1 is 1.09 bits per heavy atom. The topological polar surface area (TPSA) is 114 Å². The van der Waals surface area contributed by atoms with Gasteiger partial charge in [0.05, 0.1) is 18.8 Å². The van der Waals surface area contributed by atoms with Crippen LogP contribution in [0.3, 0.4) is 0 Å². The fourth-order valence-corrected chi connectivity index (χ4v) is 5.56. The lowest BCUT2D eigenvalue weighted by molar-refractivity contribution is -0.125. The lowest BCUT2D eigenvalue weighted by atomic mass is 9.76. The second kappa shape index (κ2) is 11.1. The van der Waals surface area contributed by atoms with E-state index in [1.807, 2.05) is 0 Å². The van der Waals surface area contributed by atoms with Gasteiger partial charge < -0.3 is 31.9 Å². The lowest BCUT2D eigenvalue weighted by Gasteiger charge is -2.44. The summed E-state index contributed by atoms with van der Waals surface area (Å²) < 4.78 is 13.8. The molecular weight excluding hydrogens is 411 g/mol. The summed E-state index contributed by atoms with van der Waals surface area (Å²) in [6.45, 7) is 9.14. The van der Waals surface area contributed by atoms with Crippen molar-refractivity contribution >= 4 is 11.9 Å². The van der Waals surface area contributed by atoms with E-state index in [-0.39, 0.29) is 24.0 Å². The smallest absolute Gasteiger partial charge is 0.237 e. The van der Waals surface area contributed by atoms with E-state index in [0.717, 1.165) is 57.9 Å². The molecule has 1 amide bonds. The Balaban J connectivity index is 1.35. The summed E-state index contributed by atoms with van der Waals surface area (Å²) in [5, 5.41) is 23.4. The Morgan fingerprint density at radius 3 is 2.62 bits per heavy atom. The van der Waals surface area contributed by atoms with Crippen LogP contribution >= 0.6 is 0 Å². The molecule has 0 saturated carbocycles. The van der Waals surface area contributed by atoms with Crippen molar-refractivity contribution in [2.45, 2.75) is 70.1 Å². The average Bonchev–Trinajstić information content (AvgIpc) is 3.30. The largest absolute Gasteiger partial charge is 0.356 e. The van der Waals surface area contributed by atoms with E-state index in [4.69, 9.17) is 0 Å². The number of carbonyl (C=O) groups is 1. The Kier molecular flexibility index (Phi) is 8.20. The molecule has 6 atom stereocenters. The Morgan fingerprint density at radius 2 is 1.91 bits per heavy atom. The molecule has 4 heterocycles. The highest BCUT2D eigenvalue weighted by atomic mass is 19.1. The summed E-state index contributed by atoms with van der Waals surface area (Å²) in [7, 11) is 0. The van der Waals surface area contributed by atoms with Crippen LogP contribution in [-0.4, -0.2) is 81.7 Å². The summed E-state index contributed by atoms with van der Waals surface area (Å²) >= 11 is 0. The van der Waals surface area contributed by atoms with E-state index >= 15 is 0 Å². The molecule has 9 nitrogen and oxygen atoms in total. The first-order valence-corrected chi connectivity index (χ1v) is 12.4. The van der Waals surface area contributed by atoms with Gasteiger partial charge in [0.25, 0.3) is 0 Å². The number of nitrogens with one attached hydrogen (secondary N) is 7. The van der Waals surface area contributed by atoms with Gasteiger partial charge in [-0.1, -0.05) is 0 Å². The molecule has 0 aromatic carbocycles. The molecule has 0 aromatic rings. The normalized spacial score (nSPS) is 40.3. The van der Waals surface area contributed by atoms with Gasteiger partial charge in [-0.25, -0.2) is 4.39 Å². The molecule has 32 heavy (non-hydrogen) atoms. The average molecular weight is 453 g/mol. The number of alkyl halides is 1. The highest BCUT2D eigenvalue weighted by Gasteiger charge is 2.40. The number of nitrogens with zero attached hydrogens (tertiary/aromatic N) is 1. The van der Waals surface area contributed by atoms with Crippen LogP contribution in [0.4, 0.5) is 4.39 Å². The summed E-state index contributed by atoms with van der Waals surface area (Å²) in [6.07, 6.45) is 2.55. The molecule has 0 bridgehead atoms. The summed E-state index contributed by atoms with van der Waals surface area (Å²) in [4.78, 5) is 17.6. The van der Waals surface area contributed by atoms with E-state index in [1.165, 1.54) is 0 Å². The van der Waals surface area contributed by atoms with Crippen molar-refractivity contribution in [3.05, 3.63) is 0 Å². The first-order valence-electron chi connectivity index (χ1n) is 12.4. The molecular formula is C22H41FN8O. The number of hydrogen-bond donors (Lipinski definition) is 7. The van der Waals surface area contributed by atoms with Crippen LogP contribution in [0.25, 0.3) is 0 Å². The van der Waals surface area contributed by atoms with Crippen molar-refractivity contribution < 1.29 is 9.18 Å². The minimum atomic E-state index is -0.923. The first-order chi connectivity index (χ1) is 15.5. The molecule has 10 heteroatoms. The fourth-order valence-electron chi connectivity index (χ4n) is 5.56. The van der Waals surface area contributed by atoms with E-state index < -0.39 is 6.30 Å². The van der Waals surface area contributed by atoms with E-state index in [0.29, 0.717) is 36.9 Å². The van der Waals surface area contributed by atoms with Crippen molar-refractivity contribution in [3.8, 4) is 0 Å². The molecule has 6 unspecified atom stereocenters. The monoisotopic (exact) mass is 452 g/mol. The van der Waals surface area contributed by atoms with Crippen molar-refractivity contribution in [2.24, 2.45) is 22.7 Å². The third kappa shape index (κ3) is 6.30. The van der Waals surface area contributed by atoms with Crippen LogP contribution in [0, 0.1) is 17.8 Å². The molecule has 0 radical (unpaired) electrons. The summed E-state index contributed by atoms with van der Waals surface area (Å²) in [6, 6.07) is 0.0605. The zero-order chi connectivity index (χ0) is 22.5. The maximum Gasteiger partial charge on any atom is 0.237 e. The van der Waals surface area contributed by atoms with E-state index in [2.05, 4.69) is 56.1 Å². The minimum Gasteiger partial charge on any atom is -0.356 e. The number of guanidine groups is 1. The number of carbonyl (C=O) groups excluding carboxylic acids is 1. The number of halogens is 1. The van der Waals surface area contributed by atoms with Crippen LogP contribution in [0.15, 0.2) is 4.99 Å². The summed E-state index contributed by atoms with van der Waals surface area (Å²) in [5.41, 5.74) is 0. The standard InChI is InChI=1S/C22H41FN8O/c1-13-17(3-4-20(23)30-13)18-7-15(9-29-22-24-5-6-25-22)8-19(31-18)21(32)28-12-16-10-26-14(2)27-11-16/h13-20,26-27,30-31H,3-12H2,1-2H3,(H,28,32)(H2,24,25,29). The molecule has 182 valence electrons. The summed E-state index contributed by atoms with van der Waals surface area (Å²) in [5.74, 6) is 2.00. The van der Waals surface area contributed by atoms with Gasteiger partial charge in [0.1, 0.15) is 0 Å². The first kappa shape index (κ1) is 23.7. The highest BCUT2D eigenvalue weighted by molar-refractivity contribution is 5.82. The zero-order valence-electron chi connectivity index (χ0n) is 19.4. The maximum absolute atomic E-state index is 13.8. The zero-order valence-corrected chi connectivity index (χ0v) is 19.4. The lowest BCUT2D eigenvalue weighted by Crippen LogP contribution is -2.61. The van der Waals surface area contributed by atoms with Gasteiger partial charge in [-0.15, -0.1) is 0 Å². The molecule has 4 aliphatic rings. The molecule has 3 saturated heterocycles. The molecule has 3 fully saturated rings. The van der Waals surface area contributed by atoms with Gasteiger partial charge in [-0.05, 0) is 51.4 Å². The van der Waals surface area contributed by atoms with Gasteiger partial charge in [-0.3, -0.25) is 15.1 Å². The van der Waals surface area contributed by atoms with Crippen molar-refractivity contribution in [1.29, 1.82) is 0 Å². The molecule has 0 aromatic heterocycles. The van der Waals surface area contributed by atoms with Gasteiger partial charge in [0, 0.05) is 50.7 Å². The Labute approximate surface area is 190 Å². The van der Waals surface area contributed by atoms with Crippen LogP contribution < -0.4 is 37.2 Å². The quantitative estimate of drug-likeness (QED) is 0.265. The third-order valence-electron chi connectivity index (χ3n) is 7.47. The molecule has 0 spiro atoms. The predicted molar refractivity (Wildman–Crippen MR) is 124 cm³/mol. The molecule has 4 rings (SSSR count). The van der Waals surface area contributed by atoms with Crippen molar-refractivity contribution in [2.75, 3.05) is 39.3 Å². The van der Waals surface area contributed by atoms with Gasteiger partial charge >= 0.3 is 0 Å². The molecule has 0 aliphatic carbocycles. The predicted octanol–water partition coefficient (Wildman–Crippen LogP) is -0.773. The van der Waals surface area contributed by atoms with Crippen molar-refractivity contribution in [1.82, 2.24) is 37.2 Å². The number of hydrogen-bond acceptors (Lipinski definition) is 8. The Hall–Kier alpha value is -1.49. The second-order valence-corrected chi connectivity index (χ2v) is 10.0. The van der Waals surface area contributed by atoms with Crippen LogP contribution in [0.5, 0.6) is 0 Å². The van der Waals surface area contributed by atoms with Crippen LogP contribution in [-0.2, 0) is 4.79 Å². The highest BCUT2D eigenvalue weighted by Crippen LogP contribution is 2.31. The third-order valence-corrected chi connectivity index (χ3v) is 7.47. The fraction of sp³-hybridized carbons (Fsp3) is 0.909. The van der Waals surface area contributed by atoms with Crippen LogP contribution in [0.2, 0.25) is 0 Å². The number of rotatable bonds is 6.